The van der Waals surface area contributed by atoms with Crippen LogP contribution in [0.5, 0.6) is 5.75 Å². The van der Waals surface area contributed by atoms with Gasteiger partial charge in [0, 0.05) is 12.3 Å². The van der Waals surface area contributed by atoms with Crippen LogP contribution in [-0.4, -0.2) is 34.1 Å². The molecule has 29 heavy (non-hydrogen) atoms. The molecule has 0 aliphatic carbocycles. The summed E-state index contributed by atoms with van der Waals surface area (Å²) in [5.74, 6) is -0.369. The number of nitrogens with zero attached hydrogens (tertiary/aromatic N) is 3. The van der Waals surface area contributed by atoms with Gasteiger partial charge in [0.1, 0.15) is 5.75 Å². The Kier molecular flexibility index (Phi) is 6.50. The van der Waals surface area contributed by atoms with Gasteiger partial charge in [0.2, 0.25) is 0 Å². The Bertz CT molecular complexity index is 974. The third-order valence-corrected chi connectivity index (χ3v) is 4.07. The molecule has 1 aromatic heterocycles. The first-order valence-electron chi connectivity index (χ1n) is 8.93. The van der Waals surface area contributed by atoms with Gasteiger partial charge in [0.25, 0.3) is 5.91 Å². The molecule has 1 heterocycles. The molecule has 9 heteroatoms. The first-order valence-corrected chi connectivity index (χ1v) is 8.93. The molecule has 3 rings (SSSR count). The Labute approximate surface area is 166 Å². The minimum absolute atomic E-state index is 0.0337. The molecule has 0 saturated heterocycles. The van der Waals surface area contributed by atoms with E-state index in [1.54, 1.807) is 25.1 Å². The summed E-state index contributed by atoms with van der Waals surface area (Å²) >= 11 is 0. The van der Waals surface area contributed by atoms with Crippen molar-refractivity contribution in [1.29, 1.82) is 0 Å². The van der Waals surface area contributed by atoms with Crippen molar-refractivity contribution in [3.8, 4) is 11.4 Å². The zero-order valence-corrected chi connectivity index (χ0v) is 15.9. The second-order valence-corrected chi connectivity index (χ2v) is 6.10. The second-order valence-electron chi connectivity index (χ2n) is 6.10. The molecule has 0 atom stereocenters. The fourth-order valence-electron chi connectivity index (χ4n) is 2.70. The molecule has 1 amide bonds. The first kappa shape index (κ1) is 20.4. The van der Waals surface area contributed by atoms with Crippen LogP contribution in [0.4, 0.5) is 14.5 Å². The van der Waals surface area contributed by atoms with E-state index in [0.29, 0.717) is 30.3 Å². The molecule has 7 nitrogen and oxygen atoms in total. The molecule has 3 aromatic rings. The number of hydrogen-bond acceptors (Lipinski definition) is 5. The van der Waals surface area contributed by atoms with Crippen molar-refractivity contribution in [3.63, 3.8) is 0 Å². The average Bonchev–Trinajstić information content (AvgIpc) is 3.08. The molecule has 0 fully saturated rings. The topological polar surface area (TPSA) is 78.3 Å². The maximum atomic E-state index is 12.6. The molecule has 152 valence electrons. The Morgan fingerprint density at radius 1 is 1.21 bits per heavy atom. The zero-order valence-electron chi connectivity index (χ0n) is 15.9. The quantitative estimate of drug-likeness (QED) is 0.617. The van der Waals surface area contributed by atoms with Gasteiger partial charge in [0.05, 0.1) is 18.0 Å². The second kappa shape index (κ2) is 9.24. The third kappa shape index (κ3) is 5.14. The maximum absolute atomic E-state index is 12.6. The number of carbonyl (C=O) groups is 1. The lowest BCUT2D eigenvalue weighted by Crippen LogP contribution is -2.14. The van der Waals surface area contributed by atoms with E-state index in [1.165, 1.54) is 16.8 Å². The van der Waals surface area contributed by atoms with Crippen molar-refractivity contribution in [2.45, 2.75) is 27.1 Å². The first-order chi connectivity index (χ1) is 14.0. The van der Waals surface area contributed by atoms with Crippen molar-refractivity contribution in [2.75, 3.05) is 11.9 Å². The molecule has 1 N–H and O–H groups in total. The lowest BCUT2D eigenvalue weighted by atomic mass is 10.2. The molecule has 0 saturated carbocycles. The molecule has 0 aliphatic heterocycles. The van der Waals surface area contributed by atoms with Crippen molar-refractivity contribution in [3.05, 3.63) is 65.5 Å². The monoisotopic (exact) mass is 402 g/mol. The molecule has 0 bridgehead atoms. The fraction of sp³-hybridized carbons (Fsp3) is 0.250. The largest absolute Gasteiger partial charge is 0.435 e. The number of carbonyl (C=O) groups excluding carboxylic acids is 1. The highest BCUT2D eigenvalue weighted by atomic mass is 19.3. The number of hydrogen-bond donors (Lipinski definition) is 1. The standard InChI is InChI=1S/C20H20F2N4O3/c1-3-28-12-14-5-4-6-15(11-14)23-19(27)18-13(2)26(25-24-18)16-7-9-17(10-8-16)29-20(21)22/h4-11,20H,3,12H2,1-2H3,(H,23,27). The van der Waals surface area contributed by atoms with E-state index in [-0.39, 0.29) is 11.4 Å². The zero-order chi connectivity index (χ0) is 20.8. The molecule has 2 aromatic carbocycles. The smallest absolute Gasteiger partial charge is 0.387 e. The molecular weight excluding hydrogens is 382 g/mol. The minimum atomic E-state index is -2.89. The van der Waals surface area contributed by atoms with Crippen LogP contribution < -0.4 is 10.1 Å². The summed E-state index contributed by atoms with van der Waals surface area (Å²) in [6.45, 7) is 1.78. The van der Waals surface area contributed by atoms with E-state index >= 15 is 0 Å². The van der Waals surface area contributed by atoms with Crippen LogP contribution in [0.2, 0.25) is 0 Å². The van der Waals surface area contributed by atoms with Gasteiger partial charge in [-0.25, -0.2) is 4.68 Å². The average molecular weight is 402 g/mol. The lowest BCUT2D eigenvalue weighted by Gasteiger charge is -2.08. The van der Waals surface area contributed by atoms with Gasteiger partial charge in [-0.2, -0.15) is 8.78 Å². The van der Waals surface area contributed by atoms with Gasteiger partial charge >= 0.3 is 6.61 Å². The van der Waals surface area contributed by atoms with Gasteiger partial charge in [0.15, 0.2) is 5.69 Å². The van der Waals surface area contributed by atoms with Crippen LogP contribution in [0.15, 0.2) is 48.5 Å². The highest BCUT2D eigenvalue weighted by Crippen LogP contribution is 2.19. The summed E-state index contributed by atoms with van der Waals surface area (Å²) in [6.07, 6.45) is 0. The summed E-state index contributed by atoms with van der Waals surface area (Å²) in [6, 6.07) is 13.2. The van der Waals surface area contributed by atoms with Gasteiger partial charge in [-0.1, -0.05) is 17.3 Å². The van der Waals surface area contributed by atoms with Crippen molar-refractivity contribution >= 4 is 11.6 Å². The summed E-state index contributed by atoms with van der Waals surface area (Å²) < 4.78 is 35.7. The number of benzene rings is 2. The fourth-order valence-corrected chi connectivity index (χ4v) is 2.70. The van der Waals surface area contributed by atoms with Crippen LogP contribution in [-0.2, 0) is 11.3 Å². The van der Waals surface area contributed by atoms with Crippen molar-refractivity contribution < 1.29 is 23.0 Å². The van der Waals surface area contributed by atoms with Crippen molar-refractivity contribution in [2.24, 2.45) is 0 Å². The summed E-state index contributed by atoms with van der Waals surface area (Å²) in [4.78, 5) is 12.6. The molecular formula is C20H20F2N4O3. The van der Waals surface area contributed by atoms with Gasteiger partial charge in [-0.15, -0.1) is 5.10 Å². The van der Waals surface area contributed by atoms with E-state index in [4.69, 9.17) is 4.74 Å². The number of halogens is 2. The number of nitrogens with one attached hydrogen (secondary N) is 1. The predicted octanol–water partition coefficient (Wildman–Crippen LogP) is 3.97. The number of ether oxygens (including phenoxy) is 2. The number of anilines is 1. The minimum Gasteiger partial charge on any atom is -0.435 e. The Morgan fingerprint density at radius 3 is 2.66 bits per heavy atom. The van der Waals surface area contributed by atoms with Crippen LogP contribution >= 0.6 is 0 Å². The van der Waals surface area contributed by atoms with Gasteiger partial charge in [-0.3, -0.25) is 4.79 Å². The van der Waals surface area contributed by atoms with Crippen LogP contribution in [0.3, 0.4) is 0 Å². The summed E-state index contributed by atoms with van der Waals surface area (Å²) in [7, 11) is 0. The number of rotatable bonds is 8. The van der Waals surface area contributed by atoms with E-state index in [2.05, 4.69) is 20.4 Å². The van der Waals surface area contributed by atoms with Gasteiger partial charge < -0.3 is 14.8 Å². The van der Waals surface area contributed by atoms with Crippen LogP contribution in [0.1, 0.15) is 28.7 Å². The molecule has 0 unspecified atom stereocenters. The van der Waals surface area contributed by atoms with Gasteiger partial charge in [-0.05, 0) is 55.8 Å². The number of alkyl halides is 2. The highest BCUT2D eigenvalue weighted by molar-refractivity contribution is 6.03. The van der Waals surface area contributed by atoms with E-state index in [0.717, 1.165) is 5.56 Å². The highest BCUT2D eigenvalue weighted by Gasteiger charge is 2.18. The normalized spacial score (nSPS) is 10.9. The van der Waals surface area contributed by atoms with Crippen LogP contribution in [0.25, 0.3) is 5.69 Å². The maximum Gasteiger partial charge on any atom is 0.387 e. The van der Waals surface area contributed by atoms with E-state index in [9.17, 15) is 13.6 Å². The number of aromatic nitrogens is 3. The summed E-state index contributed by atoms with van der Waals surface area (Å²) in [5, 5.41) is 10.7. The number of amides is 1. The predicted molar refractivity (Wildman–Crippen MR) is 102 cm³/mol. The Hall–Kier alpha value is -3.33. The lowest BCUT2D eigenvalue weighted by molar-refractivity contribution is -0.0498. The molecule has 0 spiro atoms. The van der Waals surface area contributed by atoms with Crippen LogP contribution in [0, 0.1) is 6.92 Å². The molecule has 0 aliphatic rings. The SMILES string of the molecule is CCOCc1cccc(NC(=O)c2nnn(-c3ccc(OC(F)F)cc3)c2C)c1. The summed E-state index contributed by atoms with van der Waals surface area (Å²) in [5.41, 5.74) is 2.80. The Morgan fingerprint density at radius 2 is 1.97 bits per heavy atom. The van der Waals surface area contributed by atoms with Crippen molar-refractivity contribution in [1.82, 2.24) is 15.0 Å². The van der Waals surface area contributed by atoms with E-state index in [1.807, 2.05) is 25.1 Å². The third-order valence-electron chi connectivity index (χ3n) is 4.07. The molecule has 0 radical (unpaired) electrons. The Balaban J connectivity index is 1.74. The van der Waals surface area contributed by atoms with E-state index < -0.39 is 12.5 Å².